The number of rotatable bonds is 13. The number of carbonyl (C=O) groups is 9. The van der Waals surface area contributed by atoms with Crippen molar-refractivity contribution in [2.45, 2.75) is 114 Å². The Morgan fingerprint density at radius 1 is 0.796 bits per heavy atom. The summed E-state index contributed by atoms with van der Waals surface area (Å²) in [5, 5.41) is 37.1. The highest BCUT2D eigenvalue weighted by Crippen LogP contribution is 2.24. The summed E-state index contributed by atoms with van der Waals surface area (Å²) in [6.45, 7) is 5.16. The third-order valence-electron chi connectivity index (χ3n) is 7.83. The molecule has 0 bridgehead atoms. The van der Waals surface area contributed by atoms with E-state index in [1.165, 1.54) is 20.8 Å². The van der Waals surface area contributed by atoms with E-state index in [1.807, 2.05) is 0 Å². The number of nitrogens with two attached hydrogens (primary N) is 4. The first kappa shape index (κ1) is 47.8. The molecule has 9 amide bonds. The predicted octanol–water partition coefficient (Wildman–Crippen LogP) is -6.61. The van der Waals surface area contributed by atoms with Gasteiger partial charge in [0.2, 0.25) is 53.2 Å². The van der Waals surface area contributed by atoms with Gasteiger partial charge in [-0.05, 0) is 47.1 Å². The van der Waals surface area contributed by atoms with Crippen molar-refractivity contribution in [2.24, 2.45) is 22.9 Å². The minimum absolute atomic E-state index is 0.224. The molecule has 1 heterocycles. The molecule has 0 aromatic carbocycles. The van der Waals surface area contributed by atoms with Gasteiger partial charge in [-0.25, -0.2) is 0 Å². The highest BCUT2D eigenvalue weighted by Gasteiger charge is 2.36. The summed E-state index contributed by atoms with van der Waals surface area (Å²) in [5.41, 5.74) is 22.1. The van der Waals surface area contributed by atoms with Crippen molar-refractivity contribution in [3.05, 3.63) is 0 Å². The van der Waals surface area contributed by atoms with E-state index in [9.17, 15) is 53.4 Å². The Morgan fingerprint density at radius 3 is 1.89 bits per heavy atom. The van der Waals surface area contributed by atoms with Gasteiger partial charge in [0.25, 0.3) is 0 Å². The maximum absolute atomic E-state index is 13.6. The first-order valence-electron chi connectivity index (χ1n) is 17.0. The van der Waals surface area contributed by atoms with E-state index in [-0.39, 0.29) is 17.9 Å². The van der Waals surface area contributed by atoms with Crippen LogP contribution in [0.4, 0.5) is 0 Å². The summed E-state index contributed by atoms with van der Waals surface area (Å²) in [6.07, 6.45) is -2.59. The van der Waals surface area contributed by atoms with Crippen LogP contribution in [0.3, 0.4) is 0 Å². The van der Waals surface area contributed by atoms with Gasteiger partial charge in [-0.2, -0.15) is 0 Å². The second-order valence-corrected chi connectivity index (χ2v) is 15.2. The molecular formula is C30H53N11O11S2. The fraction of sp³-hybridized carbons (Fsp3) is 0.700. The summed E-state index contributed by atoms with van der Waals surface area (Å²) < 4.78 is 0. The van der Waals surface area contributed by atoms with E-state index in [0.29, 0.717) is 19.4 Å². The Morgan fingerprint density at radius 2 is 1.35 bits per heavy atom. The first-order valence-corrected chi connectivity index (χ1v) is 19.4. The molecule has 1 rings (SSSR count). The third kappa shape index (κ3) is 16.4. The van der Waals surface area contributed by atoms with Crippen LogP contribution in [-0.2, 0) is 43.2 Å². The van der Waals surface area contributed by atoms with Gasteiger partial charge >= 0.3 is 0 Å². The van der Waals surface area contributed by atoms with Crippen LogP contribution in [0.1, 0.15) is 53.4 Å². The number of hydrogen-bond donors (Lipinski definition) is 13. The van der Waals surface area contributed by atoms with Gasteiger partial charge < -0.3 is 70.4 Å². The molecule has 10 atom stereocenters. The normalized spacial score (nSPS) is 26.2. The molecule has 0 aromatic rings. The molecule has 24 heteroatoms. The van der Waals surface area contributed by atoms with Crippen LogP contribution in [0.25, 0.3) is 0 Å². The number of nitrogens with one attached hydrogen (secondary N) is 7. The molecule has 0 spiro atoms. The average molecular weight is 808 g/mol. The summed E-state index contributed by atoms with van der Waals surface area (Å²) >= 11 is 0. The summed E-state index contributed by atoms with van der Waals surface area (Å²) in [7, 11) is 1.86. The van der Waals surface area contributed by atoms with Gasteiger partial charge in [-0.1, -0.05) is 28.0 Å². The molecule has 0 aromatic heterocycles. The van der Waals surface area contributed by atoms with E-state index < -0.39 is 120 Å². The Balaban J connectivity index is 3.64. The van der Waals surface area contributed by atoms with Gasteiger partial charge in [0, 0.05) is 11.5 Å². The molecule has 1 aliphatic rings. The SMILES string of the molecule is C[C@H](NC(=O)[C@@H]1CSSC[C@H](NC(=O)[C@@H](N)CCCCN)C(=O)N[C@@H](CC(N)=O)C(=O)N[C@@H]([C@@H](C)O)C(=O)N[C@@H](C)C(=O)N[C@@H]([C@@H](C)O)C(=O)N1)C(N)=O. The van der Waals surface area contributed by atoms with Crippen molar-refractivity contribution in [1.29, 1.82) is 0 Å². The second-order valence-electron chi connectivity index (χ2n) is 12.6. The summed E-state index contributed by atoms with van der Waals surface area (Å²) in [4.78, 5) is 116. The maximum Gasteiger partial charge on any atom is 0.245 e. The maximum atomic E-state index is 13.6. The van der Waals surface area contributed by atoms with E-state index >= 15 is 0 Å². The summed E-state index contributed by atoms with van der Waals surface area (Å²) in [6, 6.07) is -11.7. The van der Waals surface area contributed by atoms with E-state index in [0.717, 1.165) is 28.5 Å². The fourth-order valence-electron chi connectivity index (χ4n) is 4.56. The van der Waals surface area contributed by atoms with Crippen molar-refractivity contribution in [3.8, 4) is 0 Å². The van der Waals surface area contributed by atoms with Crippen LogP contribution in [0.5, 0.6) is 0 Å². The van der Waals surface area contributed by atoms with Crippen molar-refractivity contribution in [3.63, 3.8) is 0 Å². The molecule has 54 heavy (non-hydrogen) atoms. The highest BCUT2D eigenvalue weighted by molar-refractivity contribution is 8.76. The molecule has 1 aliphatic heterocycles. The monoisotopic (exact) mass is 807 g/mol. The number of aliphatic hydroxyl groups is 2. The van der Waals surface area contributed by atoms with Crippen molar-refractivity contribution in [1.82, 2.24) is 37.2 Å². The molecule has 306 valence electrons. The van der Waals surface area contributed by atoms with E-state index in [2.05, 4.69) is 37.2 Å². The zero-order valence-electron chi connectivity index (χ0n) is 30.4. The van der Waals surface area contributed by atoms with Crippen LogP contribution in [0.15, 0.2) is 0 Å². The van der Waals surface area contributed by atoms with E-state index in [1.54, 1.807) is 0 Å². The molecular weight excluding hydrogens is 755 g/mol. The Bertz CT molecular complexity index is 1370. The Labute approximate surface area is 319 Å². The van der Waals surface area contributed by atoms with Crippen LogP contribution in [-0.4, -0.2) is 142 Å². The van der Waals surface area contributed by atoms with Gasteiger partial charge in [0.1, 0.15) is 42.3 Å². The molecule has 22 nitrogen and oxygen atoms in total. The largest absolute Gasteiger partial charge is 0.391 e. The quantitative estimate of drug-likeness (QED) is 0.0608. The van der Waals surface area contributed by atoms with Crippen LogP contribution < -0.4 is 60.2 Å². The minimum Gasteiger partial charge on any atom is -0.391 e. The highest BCUT2D eigenvalue weighted by atomic mass is 33.1. The third-order valence-corrected chi connectivity index (χ3v) is 10.2. The molecule has 0 aliphatic carbocycles. The summed E-state index contributed by atoms with van der Waals surface area (Å²) in [5.74, 6) is -9.27. The lowest BCUT2D eigenvalue weighted by molar-refractivity contribution is -0.137. The first-order chi connectivity index (χ1) is 25.2. The number of amides is 9. The fourth-order valence-corrected chi connectivity index (χ4v) is 6.89. The van der Waals surface area contributed by atoms with Gasteiger partial charge in [0.15, 0.2) is 0 Å². The van der Waals surface area contributed by atoms with E-state index in [4.69, 9.17) is 22.9 Å². The van der Waals surface area contributed by atoms with Gasteiger partial charge in [-0.3, -0.25) is 43.2 Å². The molecule has 17 N–H and O–H groups in total. The number of primary amides is 2. The number of hydrogen-bond acceptors (Lipinski definition) is 15. The number of aliphatic hydroxyl groups excluding tert-OH is 2. The molecule has 0 radical (unpaired) electrons. The van der Waals surface area contributed by atoms with Crippen LogP contribution in [0.2, 0.25) is 0 Å². The molecule has 1 saturated heterocycles. The van der Waals surface area contributed by atoms with Crippen LogP contribution >= 0.6 is 21.6 Å². The second kappa shape index (κ2) is 23.5. The minimum atomic E-state index is -1.75. The standard InChI is InChI=1S/C30H53N11O11S2/c1-12(23(34)45)35-27(49)18-10-53-54-11-19(38-25(47)16(32)7-5-6-8-31)28(50)37-17(9-20(33)44)26(48)41-21(14(3)42)29(51)36-13(2)24(46)40-22(15(4)43)30(52)39-18/h12-19,21-22,42-43H,5-11,31-32H2,1-4H3,(H2,33,44)(H2,34,45)(H,35,49)(H,36,51)(H,37,50)(H,38,47)(H,39,52)(H,40,46)(H,41,48)/t12-,13-,14+,15+,16-,17-,18-,19-,21-,22-/m0/s1. The van der Waals surface area contributed by atoms with Crippen molar-refractivity contribution < 1.29 is 53.4 Å². The van der Waals surface area contributed by atoms with Crippen molar-refractivity contribution in [2.75, 3.05) is 18.1 Å². The topological polar surface area (TPSA) is 382 Å². The molecule has 0 unspecified atom stereocenters. The number of unbranched alkanes of at least 4 members (excludes halogenated alkanes) is 1. The predicted molar refractivity (Wildman–Crippen MR) is 197 cm³/mol. The Kier molecular flexibility index (Phi) is 20.8. The lowest BCUT2D eigenvalue weighted by atomic mass is 10.1. The molecule has 1 fully saturated rings. The smallest absolute Gasteiger partial charge is 0.245 e. The lowest BCUT2D eigenvalue weighted by Gasteiger charge is -2.28. The average Bonchev–Trinajstić information content (AvgIpc) is 3.08. The lowest BCUT2D eigenvalue weighted by Crippen LogP contribution is -2.63. The van der Waals surface area contributed by atoms with Crippen molar-refractivity contribution >= 4 is 74.8 Å². The van der Waals surface area contributed by atoms with Gasteiger partial charge in [-0.15, -0.1) is 0 Å². The van der Waals surface area contributed by atoms with Gasteiger partial charge in [0.05, 0.1) is 24.7 Å². The number of carbonyl (C=O) groups excluding carboxylic acids is 9. The Hall–Kier alpha value is -4.23. The zero-order chi connectivity index (χ0) is 41.3. The van der Waals surface area contributed by atoms with Crippen LogP contribution in [0, 0.1) is 0 Å². The molecule has 0 saturated carbocycles. The zero-order valence-corrected chi connectivity index (χ0v) is 32.1.